The topological polar surface area (TPSA) is 107 Å². The number of hydrogen-bond acceptors (Lipinski definition) is 6. The second kappa shape index (κ2) is 16.3. The molecule has 1 atom stereocenters. The Hall–Kier alpha value is 0.486. The van der Waals surface area contributed by atoms with E-state index in [9.17, 15) is 22.6 Å². The molecule has 7 nitrogen and oxygen atoms in total. The Kier molecular flexibility index (Phi) is 17.9. The van der Waals surface area contributed by atoms with Crippen molar-refractivity contribution < 1.29 is 32.0 Å². The van der Waals surface area contributed by atoms with E-state index in [0.717, 1.165) is 25.7 Å². The molecule has 1 N–H and O–H groups in total. The van der Waals surface area contributed by atoms with Crippen molar-refractivity contribution in [1.82, 2.24) is 0 Å². The Morgan fingerprint density at radius 2 is 1.19 bits per heavy atom. The van der Waals surface area contributed by atoms with Crippen LogP contribution in [0.1, 0.15) is 85.5 Å². The molecule has 155 valence electrons. The first-order chi connectivity index (χ1) is 12.2. The summed E-state index contributed by atoms with van der Waals surface area (Å²) in [7, 11) is -4.77. The molecule has 0 saturated carbocycles. The SMILES string of the molecule is CCCC(CCC)OC(=O)CC(C(=O)OC(CCC)CCC)S(=O)(=O)O.[K]. The Balaban J connectivity index is 0. The molecule has 0 amide bonds. The molecular weight excluding hydrogens is 399 g/mol. The van der Waals surface area contributed by atoms with Crippen molar-refractivity contribution in [3.8, 4) is 0 Å². The van der Waals surface area contributed by atoms with Crippen LogP contribution in [0, 0.1) is 0 Å². The minimum Gasteiger partial charge on any atom is -0.462 e. The minimum atomic E-state index is -4.77. The minimum absolute atomic E-state index is 0. The Morgan fingerprint density at radius 1 is 0.815 bits per heavy atom. The molecule has 0 aromatic heterocycles. The Bertz CT molecular complexity index is 510. The third kappa shape index (κ3) is 13.4. The van der Waals surface area contributed by atoms with E-state index in [1.165, 1.54) is 0 Å². The van der Waals surface area contributed by atoms with E-state index in [1.54, 1.807) is 0 Å². The normalized spacial score (nSPS) is 12.6. The van der Waals surface area contributed by atoms with Crippen LogP contribution in [0.25, 0.3) is 0 Å². The molecule has 0 aliphatic heterocycles. The maximum atomic E-state index is 12.3. The van der Waals surface area contributed by atoms with Crippen LogP contribution >= 0.6 is 0 Å². The summed E-state index contributed by atoms with van der Waals surface area (Å²) in [5.41, 5.74) is 0. The standard InChI is InChI=1S/C18H34O7S.K/c1-5-9-14(10-6-2)24-17(19)13-16(26(21,22)23)18(20)25-15(11-7-3)12-8-4;/h14-16H,5-13H2,1-4H3,(H,21,22,23);. The zero-order chi connectivity index (χ0) is 20.2. The molecule has 0 fully saturated rings. The van der Waals surface area contributed by atoms with Crippen LogP contribution in [-0.4, -0.2) is 93.8 Å². The van der Waals surface area contributed by atoms with Gasteiger partial charge in [0.25, 0.3) is 10.1 Å². The van der Waals surface area contributed by atoms with Crippen LogP contribution in [0.2, 0.25) is 0 Å². The molecule has 0 heterocycles. The number of esters is 2. The fourth-order valence-electron chi connectivity index (χ4n) is 2.75. The van der Waals surface area contributed by atoms with Crippen LogP contribution in [0.5, 0.6) is 0 Å². The maximum Gasteiger partial charge on any atom is 0.327 e. The molecule has 1 unspecified atom stereocenters. The van der Waals surface area contributed by atoms with Gasteiger partial charge in [-0.05, 0) is 25.7 Å². The summed E-state index contributed by atoms with van der Waals surface area (Å²) in [5, 5.41) is -1.95. The van der Waals surface area contributed by atoms with Crippen LogP contribution in [0.3, 0.4) is 0 Å². The molecule has 0 aromatic rings. The average molecular weight is 434 g/mol. The van der Waals surface area contributed by atoms with Gasteiger partial charge in [0.05, 0.1) is 6.42 Å². The maximum absolute atomic E-state index is 12.3. The molecule has 0 bridgehead atoms. The molecule has 0 aliphatic rings. The van der Waals surface area contributed by atoms with Crippen molar-refractivity contribution in [2.75, 3.05) is 0 Å². The molecule has 0 saturated heterocycles. The van der Waals surface area contributed by atoms with E-state index in [0.29, 0.717) is 25.7 Å². The van der Waals surface area contributed by atoms with Gasteiger partial charge in [-0.3, -0.25) is 14.1 Å². The van der Waals surface area contributed by atoms with E-state index in [2.05, 4.69) is 0 Å². The molecule has 1 radical (unpaired) electrons. The van der Waals surface area contributed by atoms with E-state index < -0.39 is 39.8 Å². The largest absolute Gasteiger partial charge is 0.462 e. The second-order valence-electron chi connectivity index (χ2n) is 6.53. The van der Waals surface area contributed by atoms with Crippen molar-refractivity contribution >= 4 is 73.4 Å². The number of ether oxygens (including phenoxy) is 2. The molecule has 0 aromatic carbocycles. The van der Waals surface area contributed by atoms with Gasteiger partial charge in [-0.25, -0.2) is 0 Å². The number of rotatable bonds is 14. The molecular formula is C18H34KO7S. The van der Waals surface area contributed by atoms with Gasteiger partial charge in [-0.2, -0.15) is 8.42 Å². The van der Waals surface area contributed by atoms with Gasteiger partial charge in [-0.15, -0.1) is 0 Å². The van der Waals surface area contributed by atoms with E-state index in [4.69, 9.17) is 9.47 Å². The van der Waals surface area contributed by atoms with E-state index in [-0.39, 0.29) is 57.5 Å². The molecule has 0 spiro atoms. The van der Waals surface area contributed by atoms with Gasteiger partial charge in [0, 0.05) is 51.4 Å². The first-order valence-corrected chi connectivity index (χ1v) is 11.1. The predicted molar refractivity (Wildman–Crippen MR) is 105 cm³/mol. The summed E-state index contributed by atoms with van der Waals surface area (Å²) in [6.45, 7) is 7.76. The van der Waals surface area contributed by atoms with Crippen molar-refractivity contribution in [2.24, 2.45) is 0 Å². The van der Waals surface area contributed by atoms with Gasteiger partial charge >= 0.3 is 11.9 Å². The smallest absolute Gasteiger partial charge is 0.327 e. The van der Waals surface area contributed by atoms with Gasteiger partial charge in [0.1, 0.15) is 12.2 Å². The number of carbonyl (C=O) groups is 2. The average Bonchev–Trinajstić information content (AvgIpc) is 2.52. The van der Waals surface area contributed by atoms with Crippen molar-refractivity contribution in [3.05, 3.63) is 0 Å². The van der Waals surface area contributed by atoms with Gasteiger partial charge < -0.3 is 9.47 Å². The number of carbonyl (C=O) groups excluding carboxylic acids is 2. The summed E-state index contributed by atoms with van der Waals surface area (Å²) in [6, 6.07) is 0. The van der Waals surface area contributed by atoms with Crippen molar-refractivity contribution in [1.29, 1.82) is 0 Å². The quantitative estimate of drug-likeness (QED) is 0.254. The van der Waals surface area contributed by atoms with Crippen LogP contribution in [0.4, 0.5) is 0 Å². The first-order valence-electron chi connectivity index (χ1n) is 9.55. The third-order valence-corrected chi connectivity index (χ3v) is 5.08. The van der Waals surface area contributed by atoms with E-state index >= 15 is 0 Å². The predicted octanol–water partition coefficient (Wildman–Crippen LogP) is 3.28. The fraction of sp³-hybridized carbons (Fsp3) is 0.889. The summed E-state index contributed by atoms with van der Waals surface area (Å²) in [5.74, 6) is -1.92. The third-order valence-electron chi connectivity index (χ3n) is 4.00. The molecule has 0 rings (SSSR count). The molecule has 27 heavy (non-hydrogen) atoms. The molecule has 9 heteroatoms. The summed E-state index contributed by atoms with van der Waals surface area (Å²) >= 11 is 0. The monoisotopic (exact) mass is 433 g/mol. The first kappa shape index (κ1) is 29.7. The van der Waals surface area contributed by atoms with Gasteiger partial charge in [0.15, 0.2) is 5.25 Å². The number of hydrogen-bond donors (Lipinski definition) is 1. The van der Waals surface area contributed by atoms with Crippen molar-refractivity contribution in [3.63, 3.8) is 0 Å². The van der Waals surface area contributed by atoms with Crippen molar-refractivity contribution in [2.45, 2.75) is 103 Å². The van der Waals surface area contributed by atoms with Crippen LogP contribution in [0.15, 0.2) is 0 Å². The zero-order valence-corrected chi connectivity index (χ0v) is 21.3. The van der Waals surface area contributed by atoms with Gasteiger partial charge in [0.2, 0.25) is 0 Å². The zero-order valence-electron chi connectivity index (χ0n) is 17.4. The summed E-state index contributed by atoms with van der Waals surface area (Å²) in [4.78, 5) is 24.3. The summed E-state index contributed by atoms with van der Waals surface area (Å²) in [6.07, 6.45) is 4.20. The Labute approximate surface area is 206 Å². The summed E-state index contributed by atoms with van der Waals surface area (Å²) < 4.78 is 43.1. The second-order valence-corrected chi connectivity index (χ2v) is 8.13. The van der Waals surface area contributed by atoms with Crippen LogP contribution in [-0.2, 0) is 29.2 Å². The Morgan fingerprint density at radius 3 is 1.52 bits per heavy atom. The van der Waals surface area contributed by atoms with Crippen LogP contribution < -0.4 is 0 Å². The molecule has 0 aliphatic carbocycles. The van der Waals surface area contributed by atoms with E-state index in [1.807, 2.05) is 27.7 Å². The fourth-order valence-corrected chi connectivity index (χ4v) is 3.39. The van der Waals surface area contributed by atoms with Gasteiger partial charge in [-0.1, -0.05) is 53.4 Å².